The summed E-state index contributed by atoms with van der Waals surface area (Å²) < 4.78 is 0. The molecular weight excluding hydrogens is 262 g/mol. The van der Waals surface area contributed by atoms with Crippen LogP contribution in [0.1, 0.15) is 45.6 Å². The summed E-state index contributed by atoms with van der Waals surface area (Å²) in [5.74, 6) is 0.124. The number of rotatable bonds is 8. The lowest BCUT2D eigenvalue weighted by Crippen LogP contribution is -2.21. The largest absolute Gasteiger partial charge is 0.508 e. The van der Waals surface area contributed by atoms with Crippen LogP contribution in [0, 0.1) is 10.3 Å². The van der Waals surface area contributed by atoms with E-state index in [2.05, 4.69) is 5.18 Å². The second kappa shape index (κ2) is 8.40. The smallest absolute Gasteiger partial charge is 0.113 e. The van der Waals surface area contributed by atoms with Crippen molar-refractivity contribution in [3.8, 4) is 0 Å². The summed E-state index contributed by atoms with van der Waals surface area (Å²) in [5, 5.41) is 13.1. The van der Waals surface area contributed by atoms with E-state index in [4.69, 9.17) is 0 Å². The molecule has 0 aliphatic rings. The number of benzene rings is 1. The van der Waals surface area contributed by atoms with Crippen molar-refractivity contribution in [3.05, 3.63) is 64.4 Å². The van der Waals surface area contributed by atoms with Gasteiger partial charge in [-0.3, -0.25) is 0 Å². The topological polar surface area (TPSA) is 49.7 Å². The summed E-state index contributed by atoms with van der Waals surface area (Å²) in [7, 11) is 0. The maximum Gasteiger partial charge on any atom is 0.113 e. The van der Waals surface area contributed by atoms with Crippen molar-refractivity contribution >= 4 is 0 Å². The lowest BCUT2D eigenvalue weighted by Gasteiger charge is -2.27. The molecule has 0 bridgehead atoms. The Balaban J connectivity index is 3.02. The van der Waals surface area contributed by atoms with Gasteiger partial charge < -0.3 is 5.11 Å². The Morgan fingerprint density at radius 2 is 1.95 bits per heavy atom. The van der Waals surface area contributed by atoms with E-state index in [1.54, 1.807) is 6.08 Å². The molecule has 0 radical (unpaired) electrons. The molecule has 0 aliphatic heterocycles. The maximum absolute atomic E-state index is 11.3. The van der Waals surface area contributed by atoms with Crippen LogP contribution in [0.4, 0.5) is 0 Å². The minimum atomic E-state index is -0.378. The molecule has 0 saturated heterocycles. The molecule has 0 unspecified atom stereocenters. The minimum absolute atomic E-state index is 0.124. The number of allylic oxidation sites excluding steroid dienone is 3. The second-order valence-corrected chi connectivity index (χ2v) is 5.62. The maximum atomic E-state index is 11.3. The van der Waals surface area contributed by atoms with Crippen LogP contribution in [-0.4, -0.2) is 5.11 Å². The molecule has 21 heavy (non-hydrogen) atoms. The van der Waals surface area contributed by atoms with E-state index in [0.29, 0.717) is 5.70 Å². The first-order valence-corrected chi connectivity index (χ1v) is 7.54. The monoisotopic (exact) mass is 287 g/mol. The third-order valence-corrected chi connectivity index (χ3v) is 3.86. The van der Waals surface area contributed by atoms with Crippen molar-refractivity contribution < 1.29 is 5.11 Å². The van der Waals surface area contributed by atoms with Crippen LogP contribution in [0.25, 0.3) is 0 Å². The Morgan fingerprint density at radius 1 is 1.29 bits per heavy atom. The zero-order valence-corrected chi connectivity index (χ0v) is 13.2. The zero-order valence-electron chi connectivity index (χ0n) is 13.2. The minimum Gasteiger partial charge on any atom is -0.508 e. The van der Waals surface area contributed by atoms with E-state index >= 15 is 0 Å². The first-order valence-electron chi connectivity index (χ1n) is 7.54. The van der Waals surface area contributed by atoms with Crippen LogP contribution in [-0.2, 0) is 6.42 Å². The fourth-order valence-corrected chi connectivity index (χ4v) is 2.25. The van der Waals surface area contributed by atoms with Gasteiger partial charge in [-0.1, -0.05) is 57.5 Å². The van der Waals surface area contributed by atoms with E-state index in [9.17, 15) is 10.0 Å². The molecule has 1 atom stereocenters. The normalized spacial score (nSPS) is 15.6. The van der Waals surface area contributed by atoms with Crippen molar-refractivity contribution in [1.29, 1.82) is 0 Å². The van der Waals surface area contributed by atoms with E-state index in [-0.39, 0.29) is 11.2 Å². The van der Waals surface area contributed by atoms with Gasteiger partial charge in [0.2, 0.25) is 0 Å². The van der Waals surface area contributed by atoms with Gasteiger partial charge in [0, 0.05) is 11.5 Å². The molecule has 0 spiro atoms. The van der Waals surface area contributed by atoms with Crippen molar-refractivity contribution in [1.82, 2.24) is 0 Å². The first kappa shape index (κ1) is 17.2. The fraction of sp³-hybridized carbons (Fsp3) is 0.444. The third-order valence-electron chi connectivity index (χ3n) is 3.86. The molecule has 114 valence electrons. The van der Waals surface area contributed by atoms with Gasteiger partial charge >= 0.3 is 0 Å². The Morgan fingerprint density at radius 3 is 2.48 bits per heavy atom. The van der Waals surface area contributed by atoms with Gasteiger partial charge in [-0.2, -0.15) is 0 Å². The molecule has 0 fully saturated rings. The number of unbranched alkanes of at least 4 members (excludes halogenated alkanes) is 1. The van der Waals surface area contributed by atoms with Crippen LogP contribution in [0.2, 0.25) is 0 Å². The Labute approximate surface area is 127 Å². The summed E-state index contributed by atoms with van der Waals surface area (Å²) in [6.07, 6.45) is 6.48. The molecule has 0 saturated carbocycles. The molecule has 3 nitrogen and oxygen atoms in total. The van der Waals surface area contributed by atoms with Crippen molar-refractivity contribution in [2.75, 3.05) is 0 Å². The highest BCUT2D eigenvalue weighted by Gasteiger charge is 2.29. The molecule has 0 aromatic heterocycles. The Kier molecular flexibility index (Phi) is 6.86. The van der Waals surface area contributed by atoms with Crippen molar-refractivity contribution in [3.63, 3.8) is 0 Å². The lowest BCUT2D eigenvalue weighted by atomic mass is 9.78. The van der Waals surface area contributed by atoms with Gasteiger partial charge in [-0.25, -0.2) is 0 Å². The zero-order chi connectivity index (χ0) is 15.7. The van der Waals surface area contributed by atoms with E-state index < -0.39 is 0 Å². The lowest BCUT2D eigenvalue weighted by molar-refractivity contribution is 0.367. The second-order valence-electron chi connectivity index (χ2n) is 5.62. The molecule has 0 aliphatic carbocycles. The molecule has 1 N–H and O–H groups in total. The Hall–Kier alpha value is -1.90. The summed E-state index contributed by atoms with van der Waals surface area (Å²) in [6, 6.07) is 10.0. The van der Waals surface area contributed by atoms with Crippen LogP contribution in [0.5, 0.6) is 0 Å². The number of aliphatic hydroxyl groups is 1. The summed E-state index contributed by atoms with van der Waals surface area (Å²) in [4.78, 5) is 11.3. The number of hydrogen-bond acceptors (Lipinski definition) is 3. The molecular formula is C18H25NO2. The highest BCUT2D eigenvalue weighted by atomic mass is 16.3. The summed E-state index contributed by atoms with van der Waals surface area (Å²) in [5.41, 5.74) is 1.18. The van der Waals surface area contributed by atoms with Crippen LogP contribution in [0.3, 0.4) is 0 Å². The fourth-order valence-electron chi connectivity index (χ4n) is 2.25. The van der Waals surface area contributed by atoms with Gasteiger partial charge in [0.1, 0.15) is 5.76 Å². The third kappa shape index (κ3) is 5.18. The van der Waals surface area contributed by atoms with Gasteiger partial charge in [0.15, 0.2) is 0 Å². The standard InChI is InChI=1S/C18H25NO2/c1-4-6-12-16(20)13-17(19-21)18(3,5-2)14-15-10-8-7-9-11-15/h7-13,20H,4-6,14H2,1-3H3/b16-12-,17-13+/t18-/m0/s1. The van der Waals surface area contributed by atoms with Crippen LogP contribution < -0.4 is 0 Å². The molecule has 0 heterocycles. The highest BCUT2D eigenvalue weighted by molar-refractivity contribution is 5.26. The number of nitrogens with zero attached hydrogens (tertiary/aromatic N) is 1. The van der Waals surface area contributed by atoms with E-state index in [0.717, 1.165) is 31.2 Å². The quantitative estimate of drug-likeness (QED) is 0.388. The molecule has 3 heteroatoms. The van der Waals surface area contributed by atoms with Crippen LogP contribution in [0.15, 0.2) is 59.1 Å². The van der Waals surface area contributed by atoms with E-state index in [1.165, 1.54) is 6.08 Å². The van der Waals surface area contributed by atoms with Crippen molar-refractivity contribution in [2.24, 2.45) is 10.6 Å². The number of hydrogen-bond donors (Lipinski definition) is 1. The van der Waals surface area contributed by atoms with Gasteiger partial charge in [0.25, 0.3) is 0 Å². The molecule has 1 rings (SSSR count). The van der Waals surface area contributed by atoms with Gasteiger partial charge in [-0.05, 0) is 36.1 Å². The average Bonchev–Trinajstić information content (AvgIpc) is 2.51. The van der Waals surface area contributed by atoms with Gasteiger partial charge in [0.05, 0.1) is 5.70 Å². The summed E-state index contributed by atoms with van der Waals surface area (Å²) in [6.45, 7) is 6.09. The summed E-state index contributed by atoms with van der Waals surface area (Å²) >= 11 is 0. The van der Waals surface area contributed by atoms with Crippen LogP contribution >= 0.6 is 0 Å². The molecule has 0 amide bonds. The van der Waals surface area contributed by atoms with E-state index in [1.807, 2.05) is 51.1 Å². The number of aliphatic hydroxyl groups excluding tert-OH is 1. The van der Waals surface area contributed by atoms with Crippen molar-refractivity contribution in [2.45, 2.75) is 46.5 Å². The molecule has 1 aromatic rings. The Bertz CT molecular complexity index is 505. The number of nitroso groups, excluding NO2 is 1. The van der Waals surface area contributed by atoms with Gasteiger partial charge in [-0.15, -0.1) is 4.91 Å². The first-order chi connectivity index (χ1) is 10.1. The predicted octanol–water partition coefficient (Wildman–Crippen LogP) is 5.54. The average molecular weight is 287 g/mol. The predicted molar refractivity (Wildman–Crippen MR) is 88.0 cm³/mol. The molecule has 1 aromatic carbocycles. The highest BCUT2D eigenvalue weighted by Crippen LogP contribution is 2.36. The SMILES string of the molecule is CCC/C=C(O)/C=C(/N=O)[C@@](C)(CC)Cc1ccccc1.